The summed E-state index contributed by atoms with van der Waals surface area (Å²) in [6, 6.07) is 4.53. The maximum absolute atomic E-state index is 15.0. The molecule has 1 unspecified atom stereocenters. The van der Waals surface area contributed by atoms with Gasteiger partial charge in [0.25, 0.3) is 5.91 Å². The Balaban J connectivity index is 1.63. The average molecular weight is 395 g/mol. The van der Waals surface area contributed by atoms with E-state index in [0.29, 0.717) is 31.1 Å². The number of aromatic nitrogens is 1. The number of ether oxygens (including phenoxy) is 2. The predicted molar refractivity (Wildman–Crippen MR) is 96.0 cm³/mol. The van der Waals surface area contributed by atoms with Gasteiger partial charge in [0.15, 0.2) is 5.82 Å². The summed E-state index contributed by atoms with van der Waals surface area (Å²) < 4.78 is 41.1. The van der Waals surface area contributed by atoms with Crippen molar-refractivity contribution in [3.8, 4) is 11.6 Å². The number of rotatable bonds is 4. The molecular weight excluding hydrogens is 377 g/mol. The fourth-order valence-electron chi connectivity index (χ4n) is 3.15. The standard InChI is InChI=1S/C17H18FN3O5S/c18-15-16-11(7-12(22)17(15)21-8-13(23)20-27(21)24)1-2-14(19-16)26-9-10-3-5-25-6-4-10/h1-2,7,10,22H,3-6,8-9H2,(H,20,23). The Labute approximate surface area is 157 Å². The number of aromatic hydroxyl groups is 1. The van der Waals surface area contributed by atoms with Gasteiger partial charge in [-0.25, -0.2) is 13.6 Å². The van der Waals surface area contributed by atoms with Crippen LogP contribution in [0.5, 0.6) is 11.6 Å². The van der Waals surface area contributed by atoms with E-state index in [2.05, 4.69) is 9.71 Å². The van der Waals surface area contributed by atoms with Crippen LogP contribution in [-0.4, -0.2) is 46.6 Å². The number of amides is 1. The van der Waals surface area contributed by atoms with Gasteiger partial charge in [-0.1, -0.05) is 0 Å². The first-order valence-corrected chi connectivity index (χ1v) is 9.65. The first kappa shape index (κ1) is 17.9. The van der Waals surface area contributed by atoms with Crippen molar-refractivity contribution in [1.29, 1.82) is 0 Å². The number of phenols is 1. The molecule has 2 aliphatic heterocycles. The summed E-state index contributed by atoms with van der Waals surface area (Å²) in [6.07, 6.45) is 1.81. The summed E-state index contributed by atoms with van der Waals surface area (Å²) in [5.41, 5.74) is -0.350. The number of hydrogen-bond acceptors (Lipinski definition) is 6. The van der Waals surface area contributed by atoms with Crippen LogP contribution < -0.4 is 13.8 Å². The second kappa shape index (κ2) is 7.28. The molecule has 144 valence electrons. The van der Waals surface area contributed by atoms with Crippen molar-refractivity contribution in [3.63, 3.8) is 0 Å². The SMILES string of the molecule is O=C1CN(c2c(O)cc3ccc(OCC4CCOCC4)nc3c2F)S(=O)N1. The summed E-state index contributed by atoms with van der Waals surface area (Å²) in [4.78, 5) is 15.6. The number of benzene rings is 1. The second-order valence-corrected chi connectivity index (χ2v) is 7.60. The highest BCUT2D eigenvalue weighted by Crippen LogP contribution is 2.37. The number of halogens is 1. The van der Waals surface area contributed by atoms with E-state index in [4.69, 9.17) is 9.47 Å². The molecule has 0 saturated carbocycles. The molecule has 0 aliphatic carbocycles. The molecule has 10 heteroatoms. The zero-order valence-electron chi connectivity index (χ0n) is 14.3. The zero-order valence-corrected chi connectivity index (χ0v) is 15.1. The summed E-state index contributed by atoms with van der Waals surface area (Å²) in [7, 11) is 0. The number of anilines is 1. The van der Waals surface area contributed by atoms with Gasteiger partial charge in [0, 0.05) is 24.7 Å². The Hall–Kier alpha value is -2.46. The lowest BCUT2D eigenvalue weighted by molar-refractivity contribution is -0.117. The predicted octanol–water partition coefficient (Wildman–Crippen LogP) is 1.40. The summed E-state index contributed by atoms with van der Waals surface area (Å²) >= 11 is -1.95. The summed E-state index contributed by atoms with van der Waals surface area (Å²) in [6.45, 7) is 1.55. The van der Waals surface area contributed by atoms with Crippen molar-refractivity contribution < 1.29 is 28.0 Å². The molecule has 2 aromatic rings. The molecule has 1 amide bonds. The molecule has 0 bridgehead atoms. The van der Waals surface area contributed by atoms with Crippen molar-refractivity contribution in [3.05, 3.63) is 24.0 Å². The van der Waals surface area contributed by atoms with Gasteiger partial charge in [-0.15, -0.1) is 0 Å². The minimum absolute atomic E-state index is 0.0244. The Bertz CT molecular complexity index is 919. The molecule has 1 atom stereocenters. The van der Waals surface area contributed by atoms with Crippen LogP contribution in [-0.2, 0) is 20.7 Å². The van der Waals surface area contributed by atoms with Gasteiger partial charge in [-0.2, -0.15) is 0 Å². The third-order valence-electron chi connectivity index (χ3n) is 4.60. The lowest BCUT2D eigenvalue weighted by atomic mass is 10.0. The van der Waals surface area contributed by atoms with E-state index in [9.17, 15) is 14.1 Å². The lowest BCUT2D eigenvalue weighted by Gasteiger charge is -2.22. The molecule has 1 aromatic carbocycles. The van der Waals surface area contributed by atoms with Crippen LogP contribution >= 0.6 is 0 Å². The van der Waals surface area contributed by atoms with Crippen LogP contribution in [0.1, 0.15) is 12.8 Å². The molecule has 2 aliphatic rings. The maximum Gasteiger partial charge on any atom is 0.253 e. The highest BCUT2D eigenvalue weighted by molar-refractivity contribution is 7.85. The minimum Gasteiger partial charge on any atom is -0.506 e. The fourth-order valence-corrected chi connectivity index (χ4v) is 4.10. The van der Waals surface area contributed by atoms with Gasteiger partial charge in [-0.3, -0.25) is 13.8 Å². The molecule has 1 aromatic heterocycles. The van der Waals surface area contributed by atoms with Gasteiger partial charge >= 0.3 is 0 Å². The van der Waals surface area contributed by atoms with Crippen LogP contribution in [0.25, 0.3) is 10.9 Å². The number of hydrogen-bond donors (Lipinski definition) is 2. The summed E-state index contributed by atoms with van der Waals surface area (Å²) in [5, 5.41) is 10.5. The third-order valence-corrected chi connectivity index (χ3v) is 5.71. The smallest absolute Gasteiger partial charge is 0.253 e. The molecule has 4 rings (SSSR count). The first-order chi connectivity index (χ1) is 13.0. The van der Waals surface area contributed by atoms with Crippen molar-refractivity contribution in [1.82, 2.24) is 9.71 Å². The Morgan fingerprint density at radius 3 is 2.89 bits per heavy atom. The summed E-state index contributed by atoms with van der Waals surface area (Å²) in [5.74, 6) is -1.16. The number of carbonyl (C=O) groups excluding carboxylic acids is 1. The number of carbonyl (C=O) groups is 1. The van der Waals surface area contributed by atoms with E-state index >= 15 is 4.39 Å². The largest absolute Gasteiger partial charge is 0.506 e. The van der Waals surface area contributed by atoms with Gasteiger partial charge in [0.1, 0.15) is 23.5 Å². The number of phenolic OH excluding ortho intramolecular Hbond substituents is 1. The lowest BCUT2D eigenvalue weighted by Crippen LogP contribution is -2.23. The molecule has 0 radical (unpaired) electrons. The quantitative estimate of drug-likeness (QED) is 0.812. The van der Waals surface area contributed by atoms with E-state index in [1.54, 1.807) is 12.1 Å². The fraction of sp³-hybridized carbons (Fsp3) is 0.412. The number of fused-ring (bicyclic) bond motifs is 1. The Morgan fingerprint density at radius 2 is 2.19 bits per heavy atom. The molecule has 2 N–H and O–H groups in total. The van der Waals surface area contributed by atoms with Crippen LogP contribution in [0.4, 0.5) is 10.1 Å². The Morgan fingerprint density at radius 1 is 1.41 bits per heavy atom. The van der Waals surface area contributed by atoms with Crippen molar-refractivity contribution in [2.45, 2.75) is 12.8 Å². The maximum atomic E-state index is 15.0. The van der Waals surface area contributed by atoms with E-state index in [1.165, 1.54) is 6.07 Å². The number of nitrogens with zero attached hydrogens (tertiary/aromatic N) is 2. The van der Waals surface area contributed by atoms with Crippen LogP contribution in [0, 0.1) is 11.7 Å². The molecule has 3 heterocycles. The van der Waals surface area contributed by atoms with E-state index in [-0.39, 0.29) is 23.6 Å². The van der Waals surface area contributed by atoms with Crippen molar-refractivity contribution in [2.75, 3.05) is 30.7 Å². The molecule has 2 saturated heterocycles. The van der Waals surface area contributed by atoms with Crippen LogP contribution in [0.15, 0.2) is 18.2 Å². The van der Waals surface area contributed by atoms with Gasteiger partial charge < -0.3 is 14.6 Å². The second-order valence-electron chi connectivity index (χ2n) is 6.46. The van der Waals surface area contributed by atoms with Crippen LogP contribution in [0.2, 0.25) is 0 Å². The van der Waals surface area contributed by atoms with Gasteiger partial charge in [0.05, 0.1) is 6.61 Å². The van der Waals surface area contributed by atoms with Crippen LogP contribution in [0.3, 0.4) is 0 Å². The molecular formula is C17H18FN3O5S. The van der Waals surface area contributed by atoms with Crippen molar-refractivity contribution >= 4 is 33.7 Å². The highest BCUT2D eigenvalue weighted by atomic mass is 32.2. The zero-order chi connectivity index (χ0) is 19.0. The number of nitrogens with one attached hydrogen (secondary N) is 1. The van der Waals surface area contributed by atoms with E-state index in [0.717, 1.165) is 17.1 Å². The van der Waals surface area contributed by atoms with Gasteiger partial charge in [0.2, 0.25) is 17.1 Å². The monoisotopic (exact) mass is 395 g/mol. The highest BCUT2D eigenvalue weighted by Gasteiger charge is 2.32. The molecule has 27 heavy (non-hydrogen) atoms. The molecule has 8 nitrogen and oxygen atoms in total. The third kappa shape index (κ3) is 3.54. The average Bonchev–Trinajstić information content (AvgIpc) is 2.99. The Kier molecular flexibility index (Phi) is 4.83. The molecule has 2 fully saturated rings. The van der Waals surface area contributed by atoms with Gasteiger partial charge in [-0.05, 0) is 30.9 Å². The topological polar surface area (TPSA) is 101 Å². The minimum atomic E-state index is -1.95. The van der Waals surface area contributed by atoms with E-state index in [1.807, 2.05) is 0 Å². The molecule has 0 spiro atoms. The first-order valence-electron chi connectivity index (χ1n) is 8.54. The normalized spacial score (nSPS) is 20.9. The van der Waals surface area contributed by atoms with Crippen molar-refractivity contribution in [2.24, 2.45) is 5.92 Å². The van der Waals surface area contributed by atoms with E-state index < -0.39 is 28.6 Å². The number of pyridine rings is 1.